The SMILES string of the molecule is CC(C(=O)Nc1c(C#N)cnn1C)n1cnc2scc(-c3ccccc3)c2c1=O. The van der Waals surface area contributed by atoms with Gasteiger partial charge in [0.15, 0.2) is 0 Å². The fraction of sp³-hybridized carbons (Fsp3) is 0.150. The zero-order valence-corrected chi connectivity index (χ0v) is 16.5. The lowest BCUT2D eigenvalue weighted by Gasteiger charge is -2.15. The molecular formula is C20H16N6O2S. The predicted octanol–water partition coefficient (Wildman–Crippen LogP) is 2.93. The van der Waals surface area contributed by atoms with Crippen molar-refractivity contribution in [1.82, 2.24) is 19.3 Å². The molecule has 1 N–H and O–H groups in total. The number of anilines is 1. The molecule has 3 heterocycles. The summed E-state index contributed by atoms with van der Waals surface area (Å²) in [5.74, 6) is -0.156. The Balaban J connectivity index is 1.73. The van der Waals surface area contributed by atoms with E-state index in [1.807, 2.05) is 41.8 Å². The highest BCUT2D eigenvalue weighted by Crippen LogP contribution is 2.30. The van der Waals surface area contributed by atoms with Crippen LogP contribution in [0.3, 0.4) is 0 Å². The van der Waals surface area contributed by atoms with Gasteiger partial charge in [-0.15, -0.1) is 11.3 Å². The molecule has 0 spiro atoms. The van der Waals surface area contributed by atoms with Crippen molar-refractivity contribution >= 4 is 33.3 Å². The fourth-order valence-electron chi connectivity index (χ4n) is 3.07. The molecule has 144 valence electrons. The number of nitrogens with one attached hydrogen (secondary N) is 1. The number of aryl methyl sites for hydroxylation is 1. The maximum absolute atomic E-state index is 13.2. The second-order valence-corrected chi connectivity index (χ2v) is 7.32. The zero-order valence-electron chi connectivity index (χ0n) is 15.7. The van der Waals surface area contributed by atoms with Gasteiger partial charge in [0.1, 0.15) is 28.3 Å². The summed E-state index contributed by atoms with van der Waals surface area (Å²) in [6.45, 7) is 1.61. The number of thiophene rings is 1. The molecule has 0 radical (unpaired) electrons. The Morgan fingerprint density at radius 3 is 2.79 bits per heavy atom. The predicted molar refractivity (Wildman–Crippen MR) is 111 cm³/mol. The van der Waals surface area contributed by atoms with E-state index in [4.69, 9.17) is 5.26 Å². The van der Waals surface area contributed by atoms with E-state index in [0.717, 1.165) is 11.1 Å². The van der Waals surface area contributed by atoms with Crippen molar-refractivity contribution in [3.8, 4) is 17.2 Å². The molecule has 0 saturated carbocycles. The van der Waals surface area contributed by atoms with Crippen LogP contribution in [0.4, 0.5) is 5.82 Å². The summed E-state index contributed by atoms with van der Waals surface area (Å²) in [5, 5.41) is 18.2. The first-order valence-electron chi connectivity index (χ1n) is 8.78. The molecule has 0 fully saturated rings. The molecule has 1 unspecified atom stereocenters. The molecule has 0 bridgehead atoms. The van der Waals surface area contributed by atoms with E-state index in [9.17, 15) is 9.59 Å². The van der Waals surface area contributed by atoms with E-state index in [2.05, 4.69) is 15.4 Å². The molecule has 1 aromatic carbocycles. The summed E-state index contributed by atoms with van der Waals surface area (Å²) in [7, 11) is 1.62. The van der Waals surface area contributed by atoms with Crippen LogP contribution in [-0.2, 0) is 11.8 Å². The number of carbonyl (C=O) groups is 1. The molecule has 29 heavy (non-hydrogen) atoms. The average molecular weight is 404 g/mol. The minimum atomic E-state index is -0.829. The molecule has 4 rings (SSSR count). The maximum Gasteiger partial charge on any atom is 0.263 e. The second-order valence-electron chi connectivity index (χ2n) is 6.46. The smallest absolute Gasteiger partial charge is 0.263 e. The summed E-state index contributed by atoms with van der Waals surface area (Å²) in [6, 6.07) is 10.7. The Morgan fingerprint density at radius 2 is 2.07 bits per heavy atom. The van der Waals surface area contributed by atoms with E-state index >= 15 is 0 Å². The number of hydrogen-bond acceptors (Lipinski definition) is 6. The van der Waals surface area contributed by atoms with Gasteiger partial charge in [0, 0.05) is 18.0 Å². The molecule has 1 atom stereocenters. The minimum absolute atomic E-state index is 0.248. The van der Waals surface area contributed by atoms with E-state index in [1.54, 1.807) is 14.0 Å². The highest BCUT2D eigenvalue weighted by molar-refractivity contribution is 7.17. The molecule has 0 saturated heterocycles. The van der Waals surface area contributed by atoms with Gasteiger partial charge in [0.05, 0.1) is 17.9 Å². The number of nitrogens with zero attached hydrogens (tertiary/aromatic N) is 5. The van der Waals surface area contributed by atoms with Gasteiger partial charge in [-0.05, 0) is 12.5 Å². The van der Waals surface area contributed by atoms with Gasteiger partial charge in [0.2, 0.25) is 5.91 Å². The summed E-state index contributed by atoms with van der Waals surface area (Å²) < 4.78 is 2.71. The van der Waals surface area contributed by atoms with Gasteiger partial charge in [-0.3, -0.25) is 18.8 Å². The molecule has 0 aliphatic carbocycles. The fourth-order valence-corrected chi connectivity index (χ4v) is 3.97. The lowest BCUT2D eigenvalue weighted by atomic mass is 10.1. The first kappa shape index (κ1) is 18.6. The summed E-state index contributed by atoms with van der Waals surface area (Å²) >= 11 is 1.39. The van der Waals surface area contributed by atoms with E-state index in [-0.39, 0.29) is 16.9 Å². The zero-order chi connectivity index (χ0) is 20.5. The second kappa shape index (κ2) is 7.33. The molecule has 0 aliphatic heterocycles. The molecule has 9 heteroatoms. The number of aromatic nitrogens is 4. The Kier molecular flexibility index (Phi) is 4.70. The number of benzene rings is 1. The maximum atomic E-state index is 13.2. The third-order valence-corrected chi connectivity index (χ3v) is 5.59. The van der Waals surface area contributed by atoms with Crippen molar-refractivity contribution in [1.29, 1.82) is 5.26 Å². The van der Waals surface area contributed by atoms with Crippen LogP contribution >= 0.6 is 11.3 Å². The molecular weight excluding hydrogens is 388 g/mol. The Labute approximate surface area is 169 Å². The first-order chi connectivity index (χ1) is 14.0. The minimum Gasteiger partial charge on any atom is -0.308 e. The van der Waals surface area contributed by atoms with Gasteiger partial charge < -0.3 is 5.32 Å². The Hall–Kier alpha value is -3.77. The Bertz CT molecular complexity index is 1310. The van der Waals surface area contributed by atoms with Gasteiger partial charge in [0.25, 0.3) is 5.56 Å². The standard InChI is InChI=1S/C20H16N6O2S/c1-12(18(27)24-17-14(8-21)9-23-25(17)2)26-11-22-19-16(20(26)28)15(10-29-19)13-6-4-3-5-7-13/h3-7,9-12H,1-2H3,(H,24,27). The average Bonchev–Trinajstić information content (AvgIpc) is 3.33. The van der Waals surface area contributed by atoms with Gasteiger partial charge in [-0.1, -0.05) is 30.3 Å². The quantitative estimate of drug-likeness (QED) is 0.563. The summed E-state index contributed by atoms with van der Waals surface area (Å²) in [6.07, 6.45) is 2.76. The number of carbonyl (C=O) groups excluding carboxylic acids is 1. The van der Waals surface area contributed by atoms with Crippen LogP contribution in [0.25, 0.3) is 21.3 Å². The van der Waals surface area contributed by atoms with Gasteiger partial charge in [-0.2, -0.15) is 10.4 Å². The topological polar surface area (TPSA) is 106 Å². The van der Waals surface area contributed by atoms with Crippen molar-refractivity contribution < 1.29 is 4.79 Å². The van der Waals surface area contributed by atoms with E-state index in [1.165, 1.54) is 33.1 Å². The molecule has 3 aromatic heterocycles. The van der Waals surface area contributed by atoms with Gasteiger partial charge >= 0.3 is 0 Å². The van der Waals surface area contributed by atoms with Crippen LogP contribution in [-0.4, -0.2) is 25.2 Å². The first-order valence-corrected chi connectivity index (χ1v) is 9.66. The normalized spacial score (nSPS) is 11.9. The van der Waals surface area contributed by atoms with Crippen LogP contribution < -0.4 is 10.9 Å². The summed E-state index contributed by atoms with van der Waals surface area (Å²) in [5.41, 5.74) is 1.67. The molecule has 4 aromatic rings. The van der Waals surface area contributed by atoms with Crippen LogP contribution in [0, 0.1) is 11.3 Å². The van der Waals surface area contributed by atoms with Crippen molar-refractivity contribution in [2.45, 2.75) is 13.0 Å². The molecule has 8 nitrogen and oxygen atoms in total. The number of rotatable bonds is 4. The molecule has 0 aliphatic rings. The van der Waals surface area contributed by atoms with Gasteiger partial charge in [-0.25, -0.2) is 4.98 Å². The van der Waals surface area contributed by atoms with Crippen LogP contribution in [0.2, 0.25) is 0 Å². The lowest BCUT2D eigenvalue weighted by Crippen LogP contribution is -2.32. The highest BCUT2D eigenvalue weighted by Gasteiger charge is 2.22. The van der Waals surface area contributed by atoms with Crippen molar-refractivity contribution in [3.05, 3.63) is 64.2 Å². The summed E-state index contributed by atoms with van der Waals surface area (Å²) in [4.78, 5) is 31.0. The number of amides is 1. The lowest BCUT2D eigenvalue weighted by molar-refractivity contribution is -0.118. The highest BCUT2D eigenvalue weighted by atomic mass is 32.1. The van der Waals surface area contributed by atoms with Crippen molar-refractivity contribution in [2.24, 2.45) is 7.05 Å². The molecule has 1 amide bonds. The van der Waals surface area contributed by atoms with Crippen molar-refractivity contribution in [2.75, 3.05) is 5.32 Å². The number of hydrogen-bond donors (Lipinski definition) is 1. The monoisotopic (exact) mass is 404 g/mol. The van der Waals surface area contributed by atoms with Crippen LogP contribution in [0.15, 0.2) is 53.0 Å². The van der Waals surface area contributed by atoms with E-state index < -0.39 is 11.9 Å². The van der Waals surface area contributed by atoms with Crippen molar-refractivity contribution in [3.63, 3.8) is 0 Å². The van der Waals surface area contributed by atoms with E-state index in [0.29, 0.717) is 10.2 Å². The third kappa shape index (κ3) is 3.19. The van der Waals surface area contributed by atoms with Crippen LogP contribution in [0.1, 0.15) is 18.5 Å². The number of fused-ring (bicyclic) bond motifs is 1. The Morgan fingerprint density at radius 1 is 1.31 bits per heavy atom. The largest absolute Gasteiger partial charge is 0.308 e. The third-order valence-electron chi connectivity index (χ3n) is 4.70. The number of nitriles is 1. The van der Waals surface area contributed by atoms with Crippen LogP contribution in [0.5, 0.6) is 0 Å².